The first kappa shape index (κ1) is 20.6. The summed E-state index contributed by atoms with van der Waals surface area (Å²) in [5.41, 5.74) is 0.579. The first-order valence-corrected chi connectivity index (χ1v) is 10.4. The quantitative estimate of drug-likeness (QED) is 0.780. The van der Waals surface area contributed by atoms with E-state index in [9.17, 15) is 4.79 Å². The van der Waals surface area contributed by atoms with E-state index in [1.807, 2.05) is 39.0 Å². The Hall–Kier alpha value is -2.11. The van der Waals surface area contributed by atoms with Gasteiger partial charge in [-0.1, -0.05) is 0 Å². The van der Waals surface area contributed by atoms with Crippen LogP contribution in [0.15, 0.2) is 18.2 Å². The van der Waals surface area contributed by atoms with Crippen molar-refractivity contribution in [3.05, 3.63) is 18.2 Å². The predicted octanol–water partition coefficient (Wildman–Crippen LogP) is 4.83. The number of amides is 1. The van der Waals surface area contributed by atoms with Crippen molar-refractivity contribution in [1.82, 2.24) is 4.90 Å². The van der Waals surface area contributed by atoms with Crippen LogP contribution in [-0.2, 0) is 4.74 Å². The van der Waals surface area contributed by atoms with Gasteiger partial charge < -0.3 is 24.4 Å². The summed E-state index contributed by atoms with van der Waals surface area (Å²) in [5.74, 6) is 1.59. The molecule has 0 radical (unpaired) electrons. The number of nitrogens with one attached hydrogen (secondary N) is 1. The summed E-state index contributed by atoms with van der Waals surface area (Å²) in [7, 11) is 1.68. The van der Waals surface area contributed by atoms with Gasteiger partial charge in [0.1, 0.15) is 5.60 Å². The lowest BCUT2D eigenvalue weighted by atomic mass is 10.0. The van der Waals surface area contributed by atoms with Crippen molar-refractivity contribution < 1.29 is 19.0 Å². The van der Waals surface area contributed by atoms with Gasteiger partial charge in [0.15, 0.2) is 11.5 Å². The van der Waals surface area contributed by atoms with E-state index in [0.717, 1.165) is 42.9 Å². The molecule has 6 heteroatoms. The standard InChI is InChI=1S/C22H34N2O4/c1-22(2,3)28-21(25)24-13-11-16(12-14-24)23-17-9-10-19(26-4)20(15-17)27-18-7-5-6-8-18/h9-10,15-16,18,23H,5-8,11-14H2,1-4H3. The molecule has 1 aromatic carbocycles. The molecule has 1 N–H and O–H groups in total. The van der Waals surface area contributed by atoms with Crippen LogP contribution in [0.3, 0.4) is 0 Å². The highest BCUT2D eigenvalue weighted by Crippen LogP contribution is 2.34. The summed E-state index contributed by atoms with van der Waals surface area (Å²) in [6.07, 6.45) is 6.56. The van der Waals surface area contributed by atoms with Crippen molar-refractivity contribution >= 4 is 11.8 Å². The Morgan fingerprint density at radius 1 is 1.07 bits per heavy atom. The minimum Gasteiger partial charge on any atom is -0.493 e. The topological polar surface area (TPSA) is 60.0 Å². The van der Waals surface area contributed by atoms with Crippen LogP contribution >= 0.6 is 0 Å². The Balaban J connectivity index is 1.55. The minimum atomic E-state index is -0.453. The number of benzene rings is 1. The summed E-state index contributed by atoms with van der Waals surface area (Å²) in [6, 6.07) is 6.35. The van der Waals surface area contributed by atoms with E-state index in [1.165, 1.54) is 12.8 Å². The monoisotopic (exact) mass is 390 g/mol. The smallest absolute Gasteiger partial charge is 0.410 e. The van der Waals surface area contributed by atoms with Crippen molar-refractivity contribution in [2.45, 2.75) is 77.0 Å². The lowest BCUT2D eigenvalue weighted by Gasteiger charge is -2.34. The first-order chi connectivity index (χ1) is 13.3. The molecule has 2 aliphatic rings. The first-order valence-electron chi connectivity index (χ1n) is 10.4. The van der Waals surface area contributed by atoms with Gasteiger partial charge in [-0.15, -0.1) is 0 Å². The lowest BCUT2D eigenvalue weighted by molar-refractivity contribution is 0.0210. The van der Waals surface area contributed by atoms with Crippen molar-refractivity contribution in [1.29, 1.82) is 0 Å². The molecule has 3 rings (SSSR count). The molecule has 1 aliphatic carbocycles. The van der Waals surface area contributed by atoms with E-state index in [4.69, 9.17) is 14.2 Å². The summed E-state index contributed by atoms with van der Waals surface area (Å²) in [6.45, 7) is 7.10. The van der Waals surface area contributed by atoms with E-state index in [2.05, 4.69) is 5.32 Å². The van der Waals surface area contributed by atoms with E-state index in [-0.39, 0.29) is 6.09 Å². The number of methoxy groups -OCH3 is 1. The van der Waals surface area contributed by atoms with Gasteiger partial charge in [-0.05, 0) is 71.4 Å². The summed E-state index contributed by atoms with van der Waals surface area (Å²) in [5, 5.41) is 3.59. The molecular weight excluding hydrogens is 356 g/mol. The van der Waals surface area contributed by atoms with E-state index in [0.29, 0.717) is 25.2 Å². The van der Waals surface area contributed by atoms with Crippen LogP contribution in [-0.4, -0.2) is 48.9 Å². The van der Waals surface area contributed by atoms with Gasteiger partial charge in [-0.25, -0.2) is 4.79 Å². The molecule has 1 aliphatic heterocycles. The van der Waals surface area contributed by atoms with Crippen molar-refractivity contribution in [2.24, 2.45) is 0 Å². The van der Waals surface area contributed by atoms with Crippen molar-refractivity contribution in [3.8, 4) is 11.5 Å². The van der Waals surface area contributed by atoms with E-state index < -0.39 is 5.60 Å². The zero-order valence-electron chi connectivity index (χ0n) is 17.6. The van der Waals surface area contributed by atoms with Gasteiger partial charge in [0.2, 0.25) is 0 Å². The minimum absolute atomic E-state index is 0.220. The second-order valence-electron chi connectivity index (χ2n) is 8.78. The number of rotatable bonds is 5. The molecule has 1 aromatic rings. The number of likely N-dealkylation sites (tertiary alicyclic amines) is 1. The van der Waals surface area contributed by atoms with Gasteiger partial charge >= 0.3 is 6.09 Å². The largest absolute Gasteiger partial charge is 0.493 e. The predicted molar refractivity (Wildman–Crippen MR) is 110 cm³/mol. The highest BCUT2D eigenvalue weighted by atomic mass is 16.6. The van der Waals surface area contributed by atoms with E-state index in [1.54, 1.807) is 12.0 Å². The fourth-order valence-corrected chi connectivity index (χ4v) is 3.81. The number of anilines is 1. The van der Waals surface area contributed by atoms with Crippen molar-refractivity contribution in [2.75, 3.05) is 25.5 Å². The third kappa shape index (κ3) is 5.69. The summed E-state index contributed by atoms with van der Waals surface area (Å²) >= 11 is 0. The zero-order valence-corrected chi connectivity index (χ0v) is 17.6. The van der Waals surface area contributed by atoms with Gasteiger partial charge in [-0.3, -0.25) is 0 Å². The summed E-state index contributed by atoms with van der Waals surface area (Å²) in [4.78, 5) is 14.0. The Labute approximate surface area is 168 Å². The summed E-state index contributed by atoms with van der Waals surface area (Å²) < 4.78 is 17.1. The molecule has 28 heavy (non-hydrogen) atoms. The molecule has 6 nitrogen and oxygen atoms in total. The molecule has 0 unspecified atom stereocenters. The number of hydrogen-bond donors (Lipinski definition) is 1. The number of ether oxygens (including phenoxy) is 3. The number of carbonyl (C=O) groups is 1. The molecule has 0 atom stereocenters. The Morgan fingerprint density at radius 3 is 2.36 bits per heavy atom. The third-order valence-corrected chi connectivity index (χ3v) is 5.28. The van der Waals surface area contributed by atoms with Crippen LogP contribution in [0.4, 0.5) is 10.5 Å². The Kier molecular flexibility index (Phi) is 6.57. The number of hydrogen-bond acceptors (Lipinski definition) is 5. The van der Waals surface area contributed by atoms with Crippen molar-refractivity contribution in [3.63, 3.8) is 0 Å². The van der Waals surface area contributed by atoms with Crippen LogP contribution in [0, 0.1) is 0 Å². The lowest BCUT2D eigenvalue weighted by Crippen LogP contribution is -2.44. The Morgan fingerprint density at radius 2 is 1.75 bits per heavy atom. The molecule has 156 valence electrons. The number of carbonyl (C=O) groups excluding carboxylic acids is 1. The zero-order chi connectivity index (χ0) is 20.1. The highest BCUT2D eigenvalue weighted by molar-refractivity contribution is 5.68. The number of piperidine rings is 1. The maximum absolute atomic E-state index is 12.2. The number of nitrogens with zero attached hydrogens (tertiary/aromatic N) is 1. The van der Waals surface area contributed by atoms with Crippen LogP contribution < -0.4 is 14.8 Å². The average molecular weight is 391 g/mol. The highest BCUT2D eigenvalue weighted by Gasteiger charge is 2.27. The van der Waals surface area contributed by atoms with Gasteiger partial charge in [0.05, 0.1) is 13.2 Å². The molecule has 0 bridgehead atoms. The van der Waals surface area contributed by atoms with Gasteiger partial charge in [0.25, 0.3) is 0 Å². The molecule has 1 saturated carbocycles. The van der Waals surface area contributed by atoms with Gasteiger partial charge in [0, 0.05) is 30.9 Å². The molecular formula is C22H34N2O4. The fraction of sp³-hybridized carbons (Fsp3) is 0.682. The molecule has 1 amide bonds. The molecule has 0 aromatic heterocycles. The second kappa shape index (κ2) is 8.93. The van der Waals surface area contributed by atoms with Crippen LogP contribution in [0.1, 0.15) is 59.3 Å². The van der Waals surface area contributed by atoms with Crippen LogP contribution in [0.25, 0.3) is 0 Å². The maximum atomic E-state index is 12.2. The molecule has 1 heterocycles. The van der Waals surface area contributed by atoms with E-state index >= 15 is 0 Å². The third-order valence-electron chi connectivity index (χ3n) is 5.28. The molecule has 0 spiro atoms. The van der Waals surface area contributed by atoms with Gasteiger partial charge in [-0.2, -0.15) is 0 Å². The molecule has 1 saturated heterocycles. The van der Waals surface area contributed by atoms with Crippen LogP contribution in [0.5, 0.6) is 11.5 Å². The Bertz CT molecular complexity index is 657. The van der Waals surface area contributed by atoms with Crippen LogP contribution in [0.2, 0.25) is 0 Å². The fourth-order valence-electron chi connectivity index (χ4n) is 3.81. The SMILES string of the molecule is COc1ccc(NC2CCN(C(=O)OC(C)(C)C)CC2)cc1OC1CCCC1. The normalized spacial score (nSPS) is 18.8. The maximum Gasteiger partial charge on any atom is 0.410 e. The second-order valence-corrected chi connectivity index (χ2v) is 8.78. The average Bonchev–Trinajstić information content (AvgIpc) is 3.14. The molecule has 2 fully saturated rings.